The number of hydrogen-bond acceptors (Lipinski definition) is 3. The third-order valence-electron chi connectivity index (χ3n) is 4.54. The Labute approximate surface area is 119 Å². The van der Waals surface area contributed by atoms with Gasteiger partial charge in [-0.1, -0.05) is 18.2 Å². The summed E-state index contributed by atoms with van der Waals surface area (Å²) in [7, 11) is 0. The molecular weight excluding hydrogens is 250 g/mol. The quantitative estimate of drug-likeness (QED) is 0.837. The first kappa shape index (κ1) is 12.0. The first-order chi connectivity index (χ1) is 9.83. The minimum absolute atomic E-state index is 0.0450. The summed E-state index contributed by atoms with van der Waals surface area (Å²) in [5, 5.41) is 0. The molecule has 0 bridgehead atoms. The lowest BCUT2D eigenvalue weighted by Crippen LogP contribution is -2.46. The molecular formula is C17H19NO2. The van der Waals surface area contributed by atoms with E-state index in [0.29, 0.717) is 0 Å². The molecule has 4 rings (SSSR count). The zero-order valence-electron chi connectivity index (χ0n) is 11.5. The van der Waals surface area contributed by atoms with Crippen molar-refractivity contribution in [1.82, 2.24) is 4.90 Å². The fraction of sp³-hybridized carbons (Fsp3) is 0.412. The first-order valence-electron chi connectivity index (χ1n) is 7.35. The van der Waals surface area contributed by atoms with Crippen molar-refractivity contribution in [2.75, 3.05) is 13.1 Å². The topological polar surface area (TPSA) is 25.6 Å². The summed E-state index contributed by atoms with van der Waals surface area (Å²) in [6.45, 7) is 3.07. The molecule has 3 heterocycles. The third-order valence-corrected chi connectivity index (χ3v) is 4.54. The Bertz CT molecular complexity index is 556. The Hall–Kier alpha value is -1.74. The number of furan rings is 1. The molecule has 2 aliphatic rings. The standard InChI is InChI=1S/C17H19NO2/c1-2-6-16-14(4-1)12-17(20-16)7-9-18(10-8-17)13-15-5-3-11-19-15/h1-6,11H,7-10,12-13H2. The second kappa shape index (κ2) is 4.67. The lowest BCUT2D eigenvalue weighted by molar-refractivity contribution is 0.0152. The van der Waals surface area contributed by atoms with E-state index in [0.717, 1.165) is 50.4 Å². The molecule has 0 saturated carbocycles. The summed E-state index contributed by atoms with van der Waals surface area (Å²) in [6.07, 6.45) is 5.01. The molecule has 2 aliphatic heterocycles. The molecule has 0 atom stereocenters. The normalized spacial score (nSPS) is 20.8. The number of piperidine rings is 1. The fourth-order valence-corrected chi connectivity index (χ4v) is 3.39. The monoisotopic (exact) mass is 269 g/mol. The zero-order valence-corrected chi connectivity index (χ0v) is 11.5. The van der Waals surface area contributed by atoms with Crippen LogP contribution in [0.2, 0.25) is 0 Å². The van der Waals surface area contributed by atoms with Crippen molar-refractivity contribution in [1.29, 1.82) is 0 Å². The summed E-state index contributed by atoms with van der Waals surface area (Å²) >= 11 is 0. The van der Waals surface area contributed by atoms with Gasteiger partial charge in [0.15, 0.2) is 0 Å². The third kappa shape index (κ3) is 2.12. The Kier molecular flexibility index (Phi) is 2.81. The molecule has 0 amide bonds. The van der Waals surface area contributed by atoms with Gasteiger partial charge in [0.1, 0.15) is 17.1 Å². The SMILES string of the molecule is c1coc(CN2CCC3(CC2)Cc2ccccc2O3)c1. The number of para-hydroxylation sites is 1. The maximum absolute atomic E-state index is 6.27. The van der Waals surface area contributed by atoms with Gasteiger partial charge in [0.05, 0.1) is 12.8 Å². The van der Waals surface area contributed by atoms with Gasteiger partial charge in [-0.25, -0.2) is 0 Å². The molecule has 0 unspecified atom stereocenters. The highest BCUT2D eigenvalue weighted by atomic mass is 16.5. The van der Waals surface area contributed by atoms with Crippen molar-refractivity contribution >= 4 is 0 Å². The van der Waals surface area contributed by atoms with Crippen LogP contribution in [0.1, 0.15) is 24.2 Å². The number of nitrogens with zero attached hydrogens (tertiary/aromatic N) is 1. The Balaban J connectivity index is 1.41. The second-order valence-electron chi connectivity index (χ2n) is 5.93. The lowest BCUT2D eigenvalue weighted by Gasteiger charge is -2.38. The molecule has 3 heteroatoms. The van der Waals surface area contributed by atoms with Gasteiger partial charge in [-0.15, -0.1) is 0 Å². The minimum atomic E-state index is 0.0450. The van der Waals surface area contributed by atoms with Crippen LogP contribution < -0.4 is 4.74 Å². The maximum atomic E-state index is 6.27. The number of likely N-dealkylation sites (tertiary alicyclic amines) is 1. The molecule has 1 spiro atoms. The Morgan fingerprint density at radius 1 is 1.05 bits per heavy atom. The van der Waals surface area contributed by atoms with Crippen LogP contribution in [0.5, 0.6) is 5.75 Å². The minimum Gasteiger partial charge on any atom is -0.487 e. The molecule has 0 aliphatic carbocycles. The van der Waals surface area contributed by atoms with Gasteiger partial charge >= 0.3 is 0 Å². The molecule has 0 N–H and O–H groups in total. The van der Waals surface area contributed by atoms with E-state index in [2.05, 4.69) is 29.2 Å². The van der Waals surface area contributed by atoms with Crippen molar-refractivity contribution in [3.8, 4) is 5.75 Å². The first-order valence-corrected chi connectivity index (χ1v) is 7.35. The van der Waals surface area contributed by atoms with E-state index in [4.69, 9.17) is 9.15 Å². The zero-order chi connectivity index (χ0) is 13.4. The van der Waals surface area contributed by atoms with E-state index in [9.17, 15) is 0 Å². The molecule has 1 fully saturated rings. The van der Waals surface area contributed by atoms with Gasteiger partial charge in [0.25, 0.3) is 0 Å². The number of rotatable bonds is 2. The van der Waals surface area contributed by atoms with Gasteiger partial charge in [-0.3, -0.25) is 4.90 Å². The fourth-order valence-electron chi connectivity index (χ4n) is 3.39. The lowest BCUT2D eigenvalue weighted by atomic mass is 9.87. The van der Waals surface area contributed by atoms with Gasteiger partial charge in [-0.2, -0.15) is 0 Å². The molecule has 20 heavy (non-hydrogen) atoms. The van der Waals surface area contributed by atoms with E-state index in [-0.39, 0.29) is 5.60 Å². The highest BCUT2D eigenvalue weighted by Crippen LogP contribution is 2.40. The van der Waals surface area contributed by atoms with Crippen LogP contribution >= 0.6 is 0 Å². The summed E-state index contributed by atoms with van der Waals surface area (Å²) in [6, 6.07) is 12.5. The van der Waals surface area contributed by atoms with Crippen molar-refractivity contribution < 1.29 is 9.15 Å². The van der Waals surface area contributed by atoms with E-state index in [1.54, 1.807) is 6.26 Å². The van der Waals surface area contributed by atoms with Crippen LogP contribution in [0.25, 0.3) is 0 Å². The summed E-state index contributed by atoms with van der Waals surface area (Å²) < 4.78 is 11.7. The molecule has 0 radical (unpaired) electrons. The van der Waals surface area contributed by atoms with Crippen LogP contribution in [-0.2, 0) is 13.0 Å². The number of ether oxygens (including phenoxy) is 1. The van der Waals surface area contributed by atoms with Gasteiger partial charge in [-0.05, 0) is 23.8 Å². The van der Waals surface area contributed by atoms with E-state index in [1.807, 2.05) is 12.1 Å². The second-order valence-corrected chi connectivity index (χ2v) is 5.93. The highest BCUT2D eigenvalue weighted by molar-refractivity contribution is 5.39. The van der Waals surface area contributed by atoms with E-state index >= 15 is 0 Å². The Morgan fingerprint density at radius 3 is 2.65 bits per heavy atom. The van der Waals surface area contributed by atoms with E-state index in [1.165, 1.54) is 5.56 Å². The number of fused-ring (bicyclic) bond motifs is 1. The van der Waals surface area contributed by atoms with Crippen LogP contribution in [0.4, 0.5) is 0 Å². The van der Waals surface area contributed by atoms with Crippen LogP contribution in [-0.4, -0.2) is 23.6 Å². The summed E-state index contributed by atoms with van der Waals surface area (Å²) in [4.78, 5) is 2.45. The smallest absolute Gasteiger partial charge is 0.123 e. The largest absolute Gasteiger partial charge is 0.487 e. The predicted octanol–water partition coefficient (Wildman–Crippen LogP) is 3.25. The summed E-state index contributed by atoms with van der Waals surface area (Å²) in [5.41, 5.74) is 1.41. The van der Waals surface area contributed by atoms with Crippen LogP contribution in [0.3, 0.4) is 0 Å². The van der Waals surface area contributed by atoms with Crippen molar-refractivity contribution in [3.05, 3.63) is 54.0 Å². The molecule has 1 saturated heterocycles. The molecule has 3 nitrogen and oxygen atoms in total. The van der Waals surface area contributed by atoms with Crippen LogP contribution in [0, 0.1) is 0 Å². The predicted molar refractivity (Wildman–Crippen MR) is 76.7 cm³/mol. The van der Waals surface area contributed by atoms with Crippen molar-refractivity contribution in [2.45, 2.75) is 31.4 Å². The molecule has 104 valence electrons. The molecule has 1 aromatic heterocycles. The van der Waals surface area contributed by atoms with Crippen LogP contribution in [0.15, 0.2) is 47.1 Å². The maximum Gasteiger partial charge on any atom is 0.123 e. The molecule has 2 aromatic rings. The summed E-state index contributed by atoms with van der Waals surface area (Å²) in [5.74, 6) is 2.14. The van der Waals surface area contributed by atoms with Crippen molar-refractivity contribution in [3.63, 3.8) is 0 Å². The average Bonchev–Trinajstić information content (AvgIpc) is 3.09. The Morgan fingerprint density at radius 2 is 1.90 bits per heavy atom. The average molecular weight is 269 g/mol. The van der Waals surface area contributed by atoms with Gasteiger partial charge in [0, 0.05) is 32.4 Å². The molecule has 1 aromatic carbocycles. The number of benzene rings is 1. The van der Waals surface area contributed by atoms with Gasteiger partial charge in [0.2, 0.25) is 0 Å². The highest BCUT2D eigenvalue weighted by Gasteiger charge is 2.41. The number of hydrogen-bond donors (Lipinski definition) is 0. The van der Waals surface area contributed by atoms with E-state index < -0.39 is 0 Å². The van der Waals surface area contributed by atoms with Gasteiger partial charge < -0.3 is 9.15 Å². The van der Waals surface area contributed by atoms with Crippen molar-refractivity contribution in [2.24, 2.45) is 0 Å².